The Balaban J connectivity index is 1.64. The van der Waals surface area contributed by atoms with E-state index in [9.17, 15) is 4.79 Å². The molecular formula is C21H19N5O. The van der Waals surface area contributed by atoms with Gasteiger partial charge in [0.05, 0.1) is 17.6 Å². The summed E-state index contributed by atoms with van der Waals surface area (Å²) in [5, 5.41) is 9.53. The maximum absolute atomic E-state index is 13.0. The van der Waals surface area contributed by atoms with E-state index in [4.69, 9.17) is 0 Å². The van der Waals surface area contributed by atoms with Crippen molar-refractivity contribution in [2.24, 2.45) is 5.10 Å². The molecule has 4 rings (SSSR count). The second-order valence-electron chi connectivity index (χ2n) is 6.07. The molecule has 0 saturated carbocycles. The van der Waals surface area contributed by atoms with Gasteiger partial charge in [0, 0.05) is 24.8 Å². The lowest BCUT2D eigenvalue weighted by molar-refractivity contribution is 0.259. The molecule has 0 spiro atoms. The topological polar surface area (TPSA) is 60.8 Å². The van der Waals surface area contributed by atoms with Gasteiger partial charge in [-0.2, -0.15) is 5.10 Å². The monoisotopic (exact) mass is 357 g/mol. The Morgan fingerprint density at radius 3 is 2.41 bits per heavy atom. The number of benzene rings is 2. The Bertz CT molecular complexity index is 929. The standard InChI is InChI=1S/C21H19N5O/c27-21(23-17-8-3-1-4-9-17)26(19-12-7-14-22-16-19)20-13-15-25(24-20)18-10-5-2-6-11-18/h1-12,14,16H,13,15H2,(H,23,27). The van der Waals surface area contributed by atoms with Crippen molar-refractivity contribution in [1.82, 2.24) is 4.98 Å². The van der Waals surface area contributed by atoms with Gasteiger partial charge in [0.2, 0.25) is 0 Å². The molecule has 27 heavy (non-hydrogen) atoms. The fraction of sp³-hybridized carbons (Fsp3) is 0.0952. The van der Waals surface area contributed by atoms with Crippen LogP contribution in [-0.2, 0) is 0 Å². The zero-order chi connectivity index (χ0) is 18.5. The van der Waals surface area contributed by atoms with Crippen molar-refractivity contribution >= 4 is 28.9 Å². The number of pyridine rings is 1. The summed E-state index contributed by atoms with van der Waals surface area (Å²) < 4.78 is 0. The summed E-state index contributed by atoms with van der Waals surface area (Å²) in [4.78, 5) is 18.8. The van der Waals surface area contributed by atoms with Gasteiger partial charge in [-0.1, -0.05) is 36.4 Å². The molecule has 2 amide bonds. The largest absolute Gasteiger partial charge is 0.332 e. The normalized spacial score (nSPS) is 13.2. The first-order chi connectivity index (χ1) is 13.3. The van der Waals surface area contributed by atoms with Crippen LogP contribution in [0.15, 0.2) is 90.3 Å². The Hall–Kier alpha value is -3.67. The van der Waals surface area contributed by atoms with E-state index in [-0.39, 0.29) is 6.03 Å². The number of urea groups is 1. The number of hydrazone groups is 1. The van der Waals surface area contributed by atoms with E-state index in [2.05, 4.69) is 15.4 Å². The Labute approximate surface area is 157 Å². The third-order valence-corrected chi connectivity index (χ3v) is 4.23. The highest BCUT2D eigenvalue weighted by Crippen LogP contribution is 2.23. The molecule has 0 unspecified atom stereocenters. The van der Waals surface area contributed by atoms with Crippen molar-refractivity contribution in [2.45, 2.75) is 6.42 Å². The van der Waals surface area contributed by atoms with Crippen LogP contribution in [-0.4, -0.2) is 23.4 Å². The van der Waals surface area contributed by atoms with Crippen LogP contribution in [0.4, 0.5) is 21.9 Å². The van der Waals surface area contributed by atoms with Crippen LogP contribution in [0.5, 0.6) is 0 Å². The molecule has 1 aliphatic rings. The van der Waals surface area contributed by atoms with Crippen LogP contribution in [0, 0.1) is 0 Å². The van der Waals surface area contributed by atoms with E-state index in [1.54, 1.807) is 17.3 Å². The summed E-state index contributed by atoms with van der Waals surface area (Å²) in [5.41, 5.74) is 2.41. The predicted molar refractivity (Wildman–Crippen MR) is 108 cm³/mol. The summed E-state index contributed by atoms with van der Waals surface area (Å²) in [7, 11) is 0. The molecule has 0 saturated heterocycles. The number of carbonyl (C=O) groups excluding carboxylic acids is 1. The van der Waals surface area contributed by atoms with Gasteiger partial charge in [0.15, 0.2) is 0 Å². The van der Waals surface area contributed by atoms with Gasteiger partial charge < -0.3 is 5.32 Å². The van der Waals surface area contributed by atoms with Crippen LogP contribution in [0.25, 0.3) is 0 Å². The molecule has 0 bridgehead atoms. The van der Waals surface area contributed by atoms with E-state index >= 15 is 0 Å². The highest BCUT2D eigenvalue weighted by molar-refractivity contribution is 6.20. The van der Waals surface area contributed by atoms with Gasteiger partial charge in [0.1, 0.15) is 5.84 Å². The van der Waals surface area contributed by atoms with Crippen LogP contribution < -0.4 is 15.2 Å². The maximum Gasteiger partial charge on any atom is 0.332 e. The van der Waals surface area contributed by atoms with E-state index in [0.717, 1.165) is 11.4 Å². The first-order valence-corrected chi connectivity index (χ1v) is 8.77. The molecule has 1 aliphatic heterocycles. The number of hydrogen-bond acceptors (Lipinski definition) is 4. The quantitative estimate of drug-likeness (QED) is 0.758. The van der Waals surface area contributed by atoms with Gasteiger partial charge in [0.25, 0.3) is 0 Å². The Kier molecular flexibility index (Phi) is 4.78. The second kappa shape index (κ2) is 7.70. The van der Waals surface area contributed by atoms with Gasteiger partial charge in [-0.3, -0.25) is 9.99 Å². The number of hydrogen-bond donors (Lipinski definition) is 1. The average molecular weight is 357 g/mol. The molecule has 1 N–H and O–H groups in total. The summed E-state index contributed by atoms with van der Waals surface area (Å²) >= 11 is 0. The molecule has 2 heterocycles. The molecule has 0 aliphatic carbocycles. The number of nitrogens with one attached hydrogen (secondary N) is 1. The minimum Gasteiger partial charge on any atom is -0.307 e. The maximum atomic E-state index is 13.0. The lowest BCUT2D eigenvalue weighted by atomic mass is 10.3. The fourth-order valence-electron chi connectivity index (χ4n) is 2.96. The van der Waals surface area contributed by atoms with E-state index in [1.165, 1.54) is 0 Å². The van der Waals surface area contributed by atoms with E-state index in [0.29, 0.717) is 24.5 Å². The van der Waals surface area contributed by atoms with Gasteiger partial charge in [-0.15, -0.1) is 0 Å². The first-order valence-electron chi connectivity index (χ1n) is 8.77. The number of amides is 2. The molecule has 134 valence electrons. The molecular weight excluding hydrogens is 338 g/mol. The molecule has 0 atom stereocenters. The van der Waals surface area contributed by atoms with Crippen LogP contribution >= 0.6 is 0 Å². The SMILES string of the molecule is O=C(Nc1ccccc1)N(C1=NN(c2ccccc2)CC1)c1cccnc1. The number of rotatable bonds is 3. The van der Waals surface area contributed by atoms with Crippen molar-refractivity contribution in [3.63, 3.8) is 0 Å². The van der Waals surface area contributed by atoms with Crippen LogP contribution in [0.2, 0.25) is 0 Å². The zero-order valence-corrected chi connectivity index (χ0v) is 14.7. The number of anilines is 3. The van der Waals surface area contributed by atoms with Crippen molar-refractivity contribution in [3.8, 4) is 0 Å². The number of amidine groups is 1. The van der Waals surface area contributed by atoms with E-state index in [1.807, 2.05) is 77.8 Å². The van der Waals surface area contributed by atoms with Crippen molar-refractivity contribution in [1.29, 1.82) is 0 Å². The zero-order valence-electron chi connectivity index (χ0n) is 14.7. The lowest BCUT2D eigenvalue weighted by Gasteiger charge is -2.22. The minimum atomic E-state index is -0.261. The summed E-state index contributed by atoms with van der Waals surface area (Å²) in [5.74, 6) is 0.681. The summed E-state index contributed by atoms with van der Waals surface area (Å²) in [6, 6.07) is 22.7. The second-order valence-corrected chi connectivity index (χ2v) is 6.07. The molecule has 1 aromatic heterocycles. The molecule has 6 nitrogen and oxygen atoms in total. The molecule has 6 heteroatoms. The first kappa shape index (κ1) is 16.8. The Morgan fingerprint density at radius 2 is 1.70 bits per heavy atom. The number of nitrogens with zero attached hydrogens (tertiary/aromatic N) is 4. The highest BCUT2D eigenvalue weighted by atomic mass is 16.2. The smallest absolute Gasteiger partial charge is 0.307 e. The number of carbonyl (C=O) groups is 1. The van der Waals surface area contributed by atoms with Crippen molar-refractivity contribution in [2.75, 3.05) is 21.8 Å². The average Bonchev–Trinajstić information content (AvgIpc) is 3.20. The van der Waals surface area contributed by atoms with Gasteiger partial charge >= 0.3 is 6.03 Å². The van der Waals surface area contributed by atoms with E-state index < -0.39 is 0 Å². The minimum absolute atomic E-state index is 0.261. The Morgan fingerprint density at radius 1 is 0.963 bits per heavy atom. The molecule has 0 fully saturated rings. The number of aromatic nitrogens is 1. The summed E-state index contributed by atoms with van der Waals surface area (Å²) in [6.07, 6.45) is 4.01. The molecule has 3 aromatic rings. The fourth-order valence-corrected chi connectivity index (χ4v) is 2.96. The molecule has 2 aromatic carbocycles. The predicted octanol–water partition coefficient (Wildman–Crippen LogP) is 4.34. The van der Waals surface area contributed by atoms with Gasteiger partial charge in [-0.25, -0.2) is 9.69 Å². The summed E-state index contributed by atoms with van der Waals surface area (Å²) in [6.45, 7) is 0.717. The lowest BCUT2D eigenvalue weighted by Crippen LogP contribution is -2.39. The highest BCUT2D eigenvalue weighted by Gasteiger charge is 2.27. The van der Waals surface area contributed by atoms with Crippen molar-refractivity contribution in [3.05, 3.63) is 85.2 Å². The van der Waals surface area contributed by atoms with Gasteiger partial charge in [-0.05, 0) is 36.4 Å². The third kappa shape index (κ3) is 3.79. The molecule has 0 radical (unpaired) electrons. The number of para-hydroxylation sites is 2. The van der Waals surface area contributed by atoms with Crippen LogP contribution in [0.1, 0.15) is 6.42 Å². The van der Waals surface area contributed by atoms with Crippen LogP contribution in [0.3, 0.4) is 0 Å². The van der Waals surface area contributed by atoms with Crippen molar-refractivity contribution < 1.29 is 4.79 Å². The third-order valence-electron chi connectivity index (χ3n) is 4.23.